The quantitative estimate of drug-likeness (QED) is 0.729. The average molecular weight is 235 g/mol. The third-order valence-corrected chi connectivity index (χ3v) is 3.81. The Kier molecular flexibility index (Phi) is 4.73. The number of rotatable bonds is 7. The normalized spacial score (nSPS) is 17.3. The third-order valence-electron chi connectivity index (χ3n) is 3.20. The van der Waals surface area contributed by atoms with Gasteiger partial charge in [-0.15, -0.1) is 0 Å². The predicted molar refractivity (Wildman–Crippen MR) is 73.0 cm³/mol. The van der Waals surface area contributed by atoms with Crippen molar-refractivity contribution in [3.63, 3.8) is 0 Å². The second-order valence-corrected chi connectivity index (χ2v) is 5.57. The molecular weight excluding hydrogens is 214 g/mol. The zero-order chi connectivity index (χ0) is 11.2. The molecule has 2 rings (SSSR count). The summed E-state index contributed by atoms with van der Waals surface area (Å²) >= 11 is 1.92. The SMILES string of the molecule is CSCCNC(Cc1ccccc1)C1CC1. The zero-order valence-corrected chi connectivity index (χ0v) is 10.8. The summed E-state index contributed by atoms with van der Waals surface area (Å²) in [5.74, 6) is 2.15. The Bertz CT molecular complexity index is 295. The summed E-state index contributed by atoms with van der Waals surface area (Å²) in [5, 5.41) is 3.71. The Balaban J connectivity index is 1.83. The standard InChI is InChI=1S/C14H21NS/c1-16-10-9-15-14(13-7-8-13)11-12-5-3-2-4-6-12/h2-6,13-15H,7-11H2,1H3. The lowest BCUT2D eigenvalue weighted by Gasteiger charge is -2.18. The molecule has 0 radical (unpaired) electrons. The van der Waals surface area contributed by atoms with E-state index in [-0.39, 0.29) is 0 Å². The molecule has 1 aromatic rings. The van der Waals surface area contributed by atoms with Gasteiger partial charge in [-0.25, -0.2) is 0 Å². The van der Waals surface area contributed by atoms with Gasteiger partial charge < -0.3 is 5.32 Å². The third kappa shape index (κ3) is 3.84. The van der Waals surface area contributed by atoms with Crippen molar-refractivity contribution >= 4 is 11.8 Å². The van der Waals surface area contributed by atoms with E-state index >= 15 is 0 Å². The number of thioether (sulfide) groups is 1. The average Bonchev–Trinajstić information content (AvgIpc) is 3.13. The fourth-order valence-corrected chi connectivity index (χ4v) is 2.44. The van der Waals surface area contributed by atoms with Gasteiger partial charge in [-0.1, -0.05) is 30.3 Å². The minimum atomic E-state index is 0.703. The molecule has 0 saturated heterocycles. The molecule has 1 aliphatic carbocycles. The van der Waals surface area contributed by atoms with Gasteiger partial charge >= 0.3 is 0 Å². The highest BCUT2D eigenvalue weighted by Crippen LogP contribution is 2.34. The van der Waals surface area contributed by atoms with Crippen LogP contribution in [0.2, 0.25) is 0 Å². The summed E-state index contributed by atoms with van der Waals surface area (Å²) in [6.45, 7) is 1.15. The van der Waals surface area contributed by atoms with Crippen molar-refractivity contribution in [2.24, 2.45) is 5.92 Å². The number of hydrogen-bond acceptors (Lipinski definition) is 2. The number of hydrogen-bond donors (Lipinski definition) is 1. The Morgan fingerprint density at radius 3 is 2.69 bits per heavy atom. The van der Waals surface area contributed by atoms with E-state index in [9.17, 15) is 0 Å². The van der Waals surface area contributed by atoms with Crippen LogP contribution in [0, 0.1) is 5.92 Å². The van der Waals surface area contributed by atoms with Crippen LogP contribution in [0.1, 0.15) is 18.4 Å². The van der Waals surface area contributed by atoms with Gasteiger partial charge in [-0.2, -0.15) is 11.8 Å². The van der Waals surface area contributed by atoms with Crippen LogP contribution in [-0.4, -0.2) is 24.6 Å². The lowest BCUT2D eigenvalue weighted by molar-refractivity contribution is 0.474. The maximum Gasteiger partial charge on any atom is 0.0136 e. The maximum atomic E-state index is 3.71. The van der Waals surface area contributed by atoms with Gasteiger partial charge in [0, 0.05) is 18.3 Å². The highest BCUT2D eigenvalue weighted by molar-refractivity contribution is 7.98. The summed E-state index contributed by atoms with van der Waals surface area (Å²) in [4.78, 5) is 0. The molecule has 1 N–H and O–H groups in total. The zero-order valence-electron chi connectivity index (χ0n) is 9.99. The van der Waals surface area contributed by atoms with E-state index in [1.54, 1.807) is 0 Å². The molecule has 0 spiro atoms. The molecule has 16 heavy (non-hydrogen) atoms. The van der Waals surface area contributed by atoms with Crippen LogP contribution in [0.4, 0.5) is 0 Å². The van der Waals surface area contributed by atoms with E-state index in [0.29, 0.717) is 6.04 Å². The molecule has 88 valence electrons. The van der Waals surface area contributed by atoms with Gasteiger partial charge in [0.25, 0.3) is 0 Å². The molecule has 1 fully saturated rings. The van der Waals surface area contributed by atoms with Crippen molar-refractivity contribution in [3.05, 3.63) is 35.9 Å². The second-order valence-electron chi connectivity index (χ2n) is 4.58. The van der Waals surface area contributed by atoms with Gasteiger partial charge in [0.1, 0.15) is 0 Å². The number of benzene rings is 1. The molecule has 1 nitrogen and oxygen atoms in total. The van der Waals surface area contributed by atoms with Crippen LogP contribution in [-0.2, 0) is 6.42 Å². The lowest BCUT2D eigenvalue weighted by atomic mass is 10.0. The molecule has 1 atom stereocenters. The minimum absolute atomic E-state index is 0.703. The first-order valence-electron chi connectivity index (χ1n) is 6.16. The Morgan fingerprint density at radius 2 is 2.06 bits per heavy atom. The monoisotopic (exact) mass is 235 g/mol. The van der Waals surface area contributed by atoms with Crippen LogP contribution >= 0.6 is 11.8 Å². The van der Waals surface area contributed by atoms with E-state index in [1.807, 2.05) is 11.8 Å². The lowest BCUT2D eigenvalue weighted by Crippen LogP contribution is -2.34. The maximum absolute atomic E-state index is 3.71. The predicted octanol–water partition coefficient (Wildman–Crippen LogP) is 2.96. The van der Waals surface area contributed by atoms with E-state index < -0.39 is 0 Å². The van der Waals surface area contributed by atoms with Gasteiger partial charge in [0.15, 0.2) is 0 Å². The molecule has 0 heterocycles. The summed E-state index contributed by atoms with van der Waals surface area (Å²) in [6.07, 6.45) is 6.21. The smallest absolute Gasteiger partial charge is 0.0136 e. The summed E-state index contributed by atoms with van der Waals surface area (Å²) < 4.78 is 0. The molecule has 1 aromatic carbocycles. The van der Waals surface area contributed by atoms with Crippen LogP contribution in [0.15, 0.2) is 30.3 Å². The van der Waals surface area contributed by atoms with Gasteiger partial charge in [-0.3, -0.25) is 0 Å². The molecule has 1 aliphatic rings. The minimum Gasteiger partial charge on any atom is -0.313 e. The van der Waals surface area contributed by atoms with Crippen molar-refractivity contribution < 1.29 is 0 Å². The first-order chi connectivity index (χ1) is 7.90. The largest absolute Gasteiger partial charge is 0.313 e. The Morgan fingerprint density at radius 1 is 1.31 bits per heavy atom. The van der Waals surface area contributed by atoms with Gasteiger partial charge in [0.05, 0.1) is 0 Å². The van der Waals surface area contributed by atoms with Crippen LogP contribution in [0.3, 0.4) is 0 Å². The highest BCUT2D eigenvalue weighted by Gasteiger charge is 2.30. The van der Waals surface area contributed by atoms with Gasteiger partial charge in [-0.05, 0) is 37.0 Å². The van der Waals surface area contributed by atoms with Crippen molar-refractivity contribution in [2.45, 2.75) is 25.3 Å². The number of nitrogens with one attached hydrogen (secondary N) is 1. The molecule has 2 heteroatoms. The van der Waals surface area contributed by atoms with Crippen molar-refractivity contribution in [3.8, 4) is 0 Å². The van der Waals surface area contributed by atoms with Crippen LogP contribution < -0.4 is 5.32 Å². The van der Waals surface area contributed by atoms with Crippen molar-refractivity contribution in [2.75, 3.05) is 18.6 Å². The molecule has 0 aliphatic heterocycles. The fourth-order valence-electron chi connectivity index (χ4n) is 2.12. The van der Waals surface area contributed by atoms with E-state index in [2.05, 4.69) is 41.9 Å². The first kappa shape index (κ1) is 12.0. The summed E-state index contributed by atoms with van der Waals surface area (Å²) in [7, 11) is 0. The van der Waals surface area contributed by atoms with Crippen molar-refractivity contribution in [1.29, 1.82) is 0 Å². The van der Waals surface area contributed by atoms with Crippen LogP contribution in [0.25, 0.3) is 0 Å². The molecule has 1 unspecified atom stereocenters. The van der Waals surface area contributed by atoms with Crippen LogP contribution in [0.5, 0.6) is 0 Å². The Labute approximate surface area is 103 Å². The van der Waals surface area contributed by atoms with E-state index in [1.165, 1.54) is 30.6 Å². The van der Waals surface area contributed by atoms with Crippen molar-refractivity contribution in [1.82, 2.24) is 5.32 Å². The summed E-state index contributed by atoms with van der Waals surface area (Å²) in [5.41, 5.74) is 1.47. The molecular formula is C14H21NS. The Hall–Kier alpha value is -0.470. The van der Waals surface area contributed by atoms with Gasteiger partial charge in [0.2, 0.25) is 0 Å². The molecule has 1 saturated carbocycles. The topological polar surface area (TPSA) is 12.0 Å². The first-order valence-corrected chi connectivity index (χ1v) is 7.56. The molecule has 0 aromatic heterocycles. The molecule has 0 amide bonds. The molecule has 0 bridgehead atoms. The van der Waals surface area contributed by atoms with E-state index in [4.69, 9.17) is 0 Å². The second kappa shape index (κ2) is 6.31. The van der Waals surface area contributed by atoms with E-state index in [0.717, 1.165) is 12.5 Å². The fraction of sp³-hybridized carbons (Fsp3) is 0.571. The summed E-state index contributed by atoms with van der Waals surface area (Å²) in [6, 6.07) is 11.6. The highest BCUT2D eigenvalue weighted by atomic mass is 32.2.